The molecule has 7 rings (SSSR count). The summed E-state index contributed by atoms with van der Waals surface area (Å²) in [5.41, 5.74) is 0.541. The fourth-order valence-corrected chi connectivity index (χ4v) is 10.8. The Bertz CT molecular complexity index is 3170. The highest BCUT2D eigenvalue weighted by Gasteiger charge is 2.49. The van der Waals surface area contributed by atoms with Crippen LogP contribution in [0.5, 0.6) is 11.5 Å². The predicted octanol–water partition coefficient (Wildman–Crippen LogP) is -0.729. The summed E-state index contributed by atoms with van der Waals surface area (Å²) in [4.78, 5) is 117. The van der Waals surface area contributed by atoms with Crippen LogP contribution in [0.3, 0.4) is 0 Å². The third-order valence-corrected chi connectivity index (χ3v) is 15.8. The van der Waals surface area contributed by atoms with Gasteiger partial charge in [-0.25, -0.2) is 4.79 Å². The van der Waals surface area contributed by atoms with Crippen molar-refractivity contribution in [1.82, 2.24) is 41.7 Å². The van der Waals surface area contributed by atoms with Crippen LogP contribution in [-0.2, 0) is 44.8 Å². The third kappa shape index (κ3) is 18.3. The summed E-state index contributed by atoms with van der Waals surface area (Å²) in [5, 5.41) is 116. The Morgan fingerprint density at radius 3 is 2.12 bits per heavy atom. The number of fused-ring (bicyclic) bond motifs is 3. The maximum absolute atomic E-state index is 14.8. The number of nitriles is 1. The SMILES string of the molecule is CCCCCCCOc1ccc2cc(C(=O)N[C@H]3C[C@@H](O)[C@@H](OCCNC(=O)OCc4ccccc4)NC(=O)[C@@H]4[C@@H](O)CCN4C(=O)[C@H]([C@H](O)CC#N)NC(=O)[C@H]([C@H](O)[C@@H](O)c4ccc(O)cc4)NC(=O)[C@@H]4C[C@@H](O)CN4C(=O)[C@H]([C@@H](C)O)NC3=O)ccc2c1. The quantitative estimate of drug-likeness (QED) is 0.0457. The summed E-state index contributed by atoms with van der Waals surface area (Å²) in [6.45, 7) is 1.65. The minimum atomic E-state index is -2.38. The molecule has 0 spiro atoms. The summed E-state index contributed by atoms with van der Waals surface area (Å²) in [6, 6.07) is 12.6. The molecule has 3 aliphatic rings. The minimum absolute atomic E-state index is 0.00344. The molecule has 0 saturated carbocycles. The molecule has 14 atom stereocenters. The van der Waals surface area contributed by atoms with E-state index >= 15 is 0 Å². The first-order valence-corrected chi connectivity index (χ1v) is 29.9. The topological polar surface area (TPSA) is 429 Å². The molecule has 0 aromatic heterocycles. The Labute approximate surface area is 518 Å². The first-order valence-electron chi connectivity index (χ1n) is 29.9. The Hall–Kier alpha value is -8.53. The molecule has 14 N–H and O–H groups in total. The van der Waals surface area contributed by atoms with Crippen molar-refractivity contribution in [1.29, 1.82) is 5.26 Å². The molecule has 0 aliphatic carbocycles. The number of carbonyl (C=O) groups excluding carboxylic acids is 8. The van der Waals surface area contributed by atoms with E-state index in [1.807, 2.05) is 0 Å². The number of hydrogen-bond acceptors (Lipinski definition) is 20. The van der Waals surface area contributed by atoms with Crippen molar-refractivity contribution < 1.29 is 93.4 Å². The molecular weight excluding hydrogens is 1170 g/mol. The van der Waals surface area contributed by atoms with Gasteiger partial charge in [0.2, 0.25) is 35.4 Å². The molecule has 28 nitrogen and oxygen atoms in total. The average molecular weight is 1250 g/mol. The van der Waals surface area contributed by atoms with Crippen LogP contribution in [-0.4, -0.2) is 210 Å². The van der Waals surface area contributed by atoms with Gasteiger partial charge in [0.15, 0.2) is 6.23 Å². The number of hydrogen-bond donors (Lipinski definition) is 14. The number of phenols is 1. The predicted molar refractivity (Wildman–Crippen MR) is 318 cm³/mol. The van der Waals surface area contributed by atoms with Crippen molar-refractivity contribution in [3.05, 3.63) is 108 Å². The number of aliphatic hydroxyl groups is 7. The summed E-state index contributed by atoms with van der Waals surface area (Å²) in [5.74, 6) is -8.37. The van der Waals surface area contributed by atoms with E-state index in [2.05, 4.69) is 38.8 Å². The number of alkyl carbamates (subject to hydrolysis) is 1. The second-order valence-electron chi connectivity index (χ2n) is 22.5. The number of nitrogens with one attached hydrogen (secondary N) is 6. The molecule has 90 heavy (non-hydrogen) atoms. The van der Waals surface area contributed by atoms with Crippen LogP contribution in [0.25, 0.3) is 10.8 Å². The van der Waals surface area contributed by atoms with Gasteiger partial charge in [0.25, 0.3) is 5.91 Å². The first kappa shape index (κ1) is 69.0. The Morgan fingerprint density at radius 1 is 0.733 bits per heavy atom. The number of nitrogens with zero attached hydrogens (tertiary/aromatic N) is 3. The number of ether oxygens (including phenoxy) is 3. The smallest absolute Gasteiger partial charge is 0.407 e. The van der Waals surface area contributed by atoms with Crippen LogP contribution in [0.2, 0.25) is 0 Å². The zero-order chi connectivity index (χ0) is 65.2. The van der Waals surface area contributed by atoms with Crippen LogP contribution in [0, 0.1) is 11.3 Å². The van der Waals surface area contributed by atoms with Crippen molar-refractivity contribution in [2.45, 2.75) is 163 Å². The summed E-state index contributed by atoms with van der Waals surface area (Å²) >= 11 is 0. The van der Waals surface area contributed by atoms with Gasteiger partial charge < -0.3 is 96.8 Å². The largest absolute Gasteiger partial charge is 0.508 e. The van der Waals surface area contributed by atoms with Crippen LogP contribution in [0.1, 0.15) is 99.2 Å². The van der Waals surface area contributed by atoms with Crippen molar-refractivity contribution in [3.63, 3.8) is 0 Å². The molecule has 3 fully saturated rings. The molecule has 0 unspecified atom stereocenters. The third-order valence-electron chi connectivity index (χ3n) is 15.8. The number of aromatic hydroxyl groups is 1. The lowest BCUT2D eigenvalue weighted by molar-refractivity contribution is -0.149. The van der Waals surface area contributed by atoms with Gasteiger partial charge in [0.1, 0.15) is 72.7 Å². The summed E-state index contributed by atoms with van der Waals surface area (Å²) in [6.07, 6.45) is -14.0. The maximum atomic E-state index is 14.8. The molecule has 0 radical (unpaired) electrons. The van der Waals surface area contributed by atoms with Crippen molar-refractivity contribution in [2.75, 3.05) is 32.8 Å². The number of rotatable bonds is 21. The van der Waals surface area contributed by atoms with E-state index in [4.69, 9.17) is 14.2 Å². The van der Waals surface area contributed by atoms with Crippen LogP contribution in [0.4, 0.5) is 4.79 Å². The maximum Gasteiger partial charge on any atom is 0.407 e. The normalized spacial score (nSPS) is 25.2. The fourth-order valence-electron chi connectivity index (χ4n) is 10.8. The molecule has 3 heterocycles. The highest BCUT2D eigenvalue weighted by molar-refractivity contribution is 6.02. The van der Waals surface area contributed by atoms with Crippen molar-refractivity contribution in [3.8, 4) is 17.6 Å². The van der Waals surface area contributed by atoms with E-state index in [1.54, 1.807) is 60.7 Å². The number of phenolic OH excluding ortho intramolecular Hbond substituents is 1. The van der Waals surface area contributed by atoms with Gasteiger partial charge in [0.05, 0.1) is 50.1 Å². The van der Waals surface area contributed by atoms with E-state index in [9.17, 15) is 84.5 Å². The fraction of sp³-hybridized carbons (Fsp3) is 0.500. The molecule has 4 aromatic carbocycles. The lowest BCUT2D eigenvalue weighted by atomic mass is 9.96. The van der Waals surface area contributed by atoms with E-state index in [0.717, 1.165) is 61.0 Å². The van der Waals surface area contributed by atoms with Gasteiger partial charge in [-0.1, -0.05) is 87.2 Å². The van der Waals surface area contributed by atoms with Gasteiger partial charge >= 0.3 is 6.09 Å². The number of amides is 8. The number of aliphatic hydroxyl groups excluding tert-OH is 7. The summed E-state index contributed by atoms with van der Waals surface area (Å²) in [7, 11) is 0. The van der Waals surface area contributed by atoms with Gasteiger partial charge in [-0.05, 0) is 78.1 Å². The standard InChI is InChI=1S/C62H79N9O19/c1-3-4-5-6-10-26-88-42-20-17-37-28-39(14-13-38(37)29-42)54(80)65-43-31-47(77)59(89-27-24-64-62(87)90-33-35-11-8-7-9-12-35)69-58(84)51-46(76)22-25-70(51)61(86)49(45(75)21-23-63)67-57(83)50(53(79)52(78)36-15-18-40(73)19-16-36)68-56(82)44-30-41(74)32-71(44)60(85)48(34(2)72)66-55(43)81/h7-9,11-20,28-29,34,41,43-53,59,72-79H,3-6,10,21-22,24-27,30-33H2,1-2H3,(H,64,87)(H,65,80)(H,66,81)(H,67,83)(H,68,82)(H,69,84)/t34-,41-,43+,44+,45-,46+,47-,48+,49+,50+,51+,52+,53+,59-/m1/s1. The molecular formula is C62H79N9O19. The van der Waals surface area contributed by atoms with E-state index in [-0.39, 0.29) is 36.4 Å². The van der Waals surface area contributed by atoms with Crippen LogP contribution in [0.15, 0.2) is 91.0 Å². The van der Waals surface area contributed by atoms with Crippen LogP contribution >= 0.6 is 0 Å². The van der Waals surface area contributed by atoms with E-state index in [1.165, 1.54) is 24.3 Å². The molecule has 486 valence electrons. The van der Waals surface area contributed by atoms with Gasteiger partial charge in [0, 0.05) is 38.0 Å². The molecule has 3 saturated heterocycles. The lowest BCUT2D eigenvalue weighted by Gasteiger charge is -2.34. The molecule has 4 aromatic rings. The number of carbonyl (C=O) groups is 8. The molecule has 8 amide bonds. The van der Waals surface area contributed by atoms with Gasteiger partial charge in [-0.15, -0.1) is 0 Å². The van der Waals surface area contributed by atoms with E-state index < -0.39 is 172 Å². The Balaban J connectivity index is 1.26. The van der Waals surface area contributed by atoms with Gasteiger partial charge in [-0.2, -0.15) is 5.26 Å². The van der Waals surface area contributed by atoms with Crippen LogP contribution < -0.4 is 36.6 Å². The van der Waals surface area contributed by atoms with Gasteiger partial charge in [-0.3, -0.25) is 33.6 Å². The highest BCUT2D eigenvalue weighted by atomic mass is 16.6. The van der Waals surface area contributed by atoms with E-state index in [0.29, 0.717) is 28.7 Å². The number of benzene rings is 4. The highest BCUT2D eigenvalue weighted by Crippen LogP contribution is 2.28. The molecule has 3 aliphatic heterocycles. The number of unbranched alkanes of at least 4 members (excludes halogenated alkanes) is 4. The zero-order valence-corrected chi connectivity index (χ0v) is 49.8. The second-order valence-corrected chi connectivity index (χ2v) is 22.5. The second kappa shape index (κ2) is 32.8. The summed E-state index contributed by atoms with van der Waals surface area (Å²) < 4.78 is 17.2. The molecule has 28 heteroatoms. The minimum Gasteiger partial charge on any atom is -0.508 e. The Morgan fingerprint density at radius 2 is 1.41 bits per heavy atom. The van der Waals surface area contributed by atoms with Crippen molar-refractivity contribution >= 4 is 58.2 Å². The monoisotopic (exact) mass is 1250 g/mol. The molecule has 0 bridgehead atoms. The lowest BCUT2D eigenvalue weighted by Crippen LogP contribution is -2.64. The zero-order valence-electron chi connectivity index (χ0n) is 49.8. The van der Waals surface area contributed by atoms with Crippen molar-refractivity contribution in [2.24, 2.45) is 0 Å². The Kier molecular flexibility index (Phi) is 25.1. The first-order chi connectivity index (χ1) is 43.1. The average Bonchev–Trinajstić information content (AvgIpc) is 1.82.